The molecule has 78 valence electrons. The summed E-state index contributed by atoms with van der Waals surface area (Å²) in [7, 11) is 0. The Hall–Kier alpha value is -1.76. The molecule has 0 saturated carbocycles. The van der Waals surface area contributed by atoms with Crippen LogP contribution in [0.15, 0.2) is 12.1 Å². The molecule has 1 nitrogen and oxygen atoms in total. The second-order valence-corrected chi connectivity index (χ2v) is 2.75. The minimum atomic E-state index is -1.63. The lowest BCUT2D eigenvalue weighted by atomic mass is 10.1. The maximum absolute atomic E-state index is 13.1. The van der Waals surface area contributed by atoms with Gasteiger partial charge in [0.2, 0.25) is 0 Å². The Balaban J connectivity index is 3.09. The fourth-order valence-electron chi connectivity index (χ4n) is 1.01. The summed E-state index contributed by atoms with van der Waals surface area (Å²) in [5.41, 5.74) is -0.475. The molecular formula is C11H7F3O. The van der Waals surface area contributed by atoms with Crippen LogP contribution in [0.4, 0.5) is 13.2 Å². The summed E-state index contributed by atoms with van der Waals surface area (Å²) in [6.45, 7) is 1.52. The molecule has 0 aliphatic rings. The van der Waals surface area contributed by atoms with Gasteiger partial charge in [0.25, 0.3) is 0 Å². The van der Waals surface area contributed by atoms with Crippen LogP contribution in [0.3, 0.4) is 0 Å². The predicted molar refractivity (Wildman–Crippen MR) is 48.7 cm³/mol. The van der Waals surface area contributed by atoms with Gasteiger partial charge >= 0.3 is 0 Å². The number of benzene rings is 1. The van der Waals surface area contributed by atoms with Crippen molar-refractivity contribution in [2.45, 2.75) is 13.3 Å². The Morgan fingerprint density at radius 2 is 1.93 bits per heavy atom. The highest BCUT2D eigenvalue weighted by atomic mass is 19.2. The van der Waals surface area contributed by atoms with Crippen molar-refractivity contribution >= 4 is 5.78 Å². The second-order valence-electron chi connectivity index (χ2n) is 2.75. The average molecular weight is 212 g/mol. The number of carbonyl (C=O) groups is 1. The molecule has 0 N–H and O–H groups in total. The minimum Gasteiger partial charge on any atom is -0.293 e. The molecule has 0 spiro atoms. The standard InChI is InChI=1S/C11H7F3O/c1-2-3-4-9(15)7-5-6-8(12)11(14)10(7)13/h5-6H,4H2,1H3. The fourth-order valence-corrected chi connectivity index (χ4v) is 1.01. The quantitative estimate of drug-likeness (QED) is 0.418. The van der Waals surface area contributed by atoms with Gasteiger partial charge in [-0.3, -0.25) is 4.79 Å². The maximum atomic E-state index is 13.1. The number of Topliss-reactive ketones (excluding diaryl/α,β-unsaturated/α-hetero) is 1. The number of hydrogen-bond donors (Lipinski definition) is 0. The van der Waals surface area contributed by atoms with Crippen LogP contribution in [0.2, 0.25) is 0 Å². The molecule has 0 fully saturated rings. The zero-order valence-electron chi connectivity index (χ0n) is 7.90. The van der Waals surface area contributed by atoms with Crippen LogP contribution in [0, 0.1) is 29.3 Å². The molecular weight excluding hydrogens is 205 g/mol. The lowest BCUT2D eigenvalue weighted by molar-refractivity contribution is 0.0993. The molecule has 1 rings (SSSR count). The van der Waals surface area contributed by atoms with Crippen molar-refractivity contribution in [2.24, 2.45) is 0 Å². The first-order valence-corrected chi connectivity index (χ1v) is 4.14. The van der Waals surface area contributed by atoms with E-state index in [1.807, 2.05) is 0 Å². The summed E-state index contributed by atoms with van der Waals surface area (Å²) in [5.74, 6) is -0.196. The third-order valence-electron chi connectivity index (χ3n) is 1.76. The topological polar surface area (TPSA) is 17.1 Å². The molecule has 0 amide bonds. The molecule has 0 aromatic heterocycles. The highest BCUT2D eigenvalue weighted by Gasteiger charge is 2.17. The van der Waals surface area contributed by atoms with E-state index in [0.717, 1.165) is 6.07 Å². The normalized spacial score (nSPS) is 9.33. The van der Waals surface area contributed by atoms with Crippen molar-refractivity contribution in [1.29, 1.82) is 0 Å². The van der Waals surface area contributed by atoms with Crippen LogP contribution in [-0.4, -0.2) is 5.78 Å². The van der Waals surface area contributed by atoms with Gasteiger partial charge in [-0.1, -0.05) is 5.92 Å². The third-order valence-corrected chi connectivity index (χ3v) is 1.76. The maximum Gasteiger partial charge on any atom is 0.195 e. The van der Waals surface area contributed by atoms with Gasteiger partial charge in [-0.2, -0.15) is 0 Å². The molecule has 0 aliphatic carbocycles. The molecule has 0 heterocycles. The van der Waals surface area contributed by atoms with Gasteiger partial charge in [0.1, 0.15) is 0 Å². The second kappa shape index (κ2) is 4.65. The molecule has 0 radical (unpaired) electrons. The van der Waals surface area contributed by atoms with Crippen molar-refractivity contribution in [3.8, 4) is 11.8 Å². The van der Waals surface area contributed by atoms with Gasteiger partial charge in [-0.15, -0.1) is 5.92 Å². The van der Waals surface area contributed by atoms with Crippen LogP contribution < -0.4 is 0 Å². The van der Waals surface area contributed by atoms with Crippen molar-refractivity contribution in [3.63, 3.8) is 0 Å². The van der Waals surface area contributed by atoms with E-state index < -0.39 is 28.8 Å². The molecule has 0 bridgehead atoms. The summed E-state index contributed by atoms with van der Waals surface area (Å²) in [5, 5.41) is 0. The first kappa shape index (κ1) is 11.3. The molecule has 4 heteroatoms. The third kappa shape index (κ3) is 2.38. The van der Waals surface area contributed by atoms with E-state index >= 15 is 0 Å². The highest BCUT2D eigenvalue weighted by Crippen LogP contribution is 2.16. The van der Waals surface area contributed by atoms with E-state index in [-0.39, 0.29) is 6.42 Å². The Bertz CT molecular complexity index is 455. The predicted octanol–water partition coefficient (Wildman–Crippen LogP) is 2.70. The monoisotopic (exact) mass is 212 g/mol. The van der Waals surface area contributed by atoms with E-state index in [9.17, 15) is 18.0 Å². The molecule has 0 aliphatic heterocycles. The number of halogens is 3. The number of hydrogen-bond acceptors (Lipinski definition) is 1. The first-order valence-electron chi connectivity index (χ1n) is 4.14. The van der Waals surface area contributed by atoms with Crippen molar-refractivity contribution < 1.29 is 18.0 Å². The Morgan fingerprint density at radius 3 is 2.53 bits per heavy atom. The van der Waals surface area contributed by atoms with Crippen LogP contribution in [0.25, 0.3) is 0 Å². The van der Waals surface area contributed by atoms with Gasteiger partial charge in [0.15, 0.2) is 23.2 Å². The molecule has 0 unspecified atom stereocenters. The van der Waals surface area contributed by atoms with Gasteiger partial charge in [0, 0.05) is 0 Å². The summed E-state index contributed by atoms with van der Waals surface area (Å²) in [6.07, 6.45) is -0.210. The van der Waals surface area contributed by atoms with Crippen molar-refractivity contribution in [2.75, 3.05) is 0 Å². The van der Waals surface area contributed by atoms with Crippen molar-refractivity contribution in [1.82, 2.24) is 0 Å². The molecule has 1 aromatic carbocycles. The minimum absolute atomic E-state index is 0.210. The van der Waals surface area contributed by atoms with E-state index in [0.29, 0.717) is 6.07 Å². The summed E-state index contributed by atoms with van der Waals surface area (Å²) >= 11 is 0. The smallest absolute Gasteiger partial charge is 0.195 e. The zero-order chi connectivity index (χ0) is 11.4. The lowest BCUT2D eigenvalue weighted by Gasteiger charge is -2.01. The number of rotatable bonds is 2. The van der Waals surface area contributed by atoms with Crippen LogP contribution >= 0.6 is 0 Å². The Morgan fingerprint density at radius 1 is 1.27 bits per heavy atom. The van der Waals surface area contributed by atoms with Crippen LogP contribution in [-0.2, 0) is 0 Å². The molecule has 0 saturated heterocycles. The zero-order valence-corrected chi connectivity index (χ0v) is 7.90. The van der Waals surface area contributed by atoms with Gasteiger partial charge in [-0.05, 0) is 19.1 Å². The largest absolute Gasteiger partial charge is 0.293 e. The first-order chi connectivity index (χ1) is 7.07. The Kier molecular flexibility index (Phi) is 3.51. The van der Waals surface area contributed by atoms with E-state index in [1.165, 1.54) is 6.92 Å². The molecule has 1 aromatic rings. The average Bonchev–Trinajstić information content (AvgIpc) is 2.23. The summed E-state index contributed by atoms with van der Waals surface area (Å²) in [4.78, 5) is 11.3. The van der Waals surface area contributed by atoms with Gasteiger partial charge in [0.05, 0.1) is 12.0 Å². The van der Waals surface area contributed by atoms with Gasteiger partial charge in [-0.25, -0.2) is 13.2 Å². The van der Waals surface area contributed by atoms with E-state index in [4.69, 9.17) is 0 Å². The molecule has 15 heavy (non-hydrogen) atoms. The van der Waals surface area contributed by atoms with E-state index in [2.05, 4.69) is 11.8 Å². The van der Waals surface area contributed by atoms with Crippen LogP contribution in [0.5, 0.6) is 0 Å². The van der Waals surface area contributed by atoms with E-state index in [1.54, 1.807) is 0 Å². The Labute approximate surface area is 84.9 Å². The number of carbonyl (C=O) groups excluding carboxylic acids is 1. The summed E-state index contributed by atoms with van der Waals surface area (Å²) in [6, 6.07) is 1.62. The summed E-state index contributed by atoms with van der Waals surface area (Å²) < 4.78 is 38.3. The SMILES string of the molecule is CC#CCC(=O)c1ccc(F)c(F)c1F. The highest BCUT2D eigenvalue weighted by molar-refractivity contribution is 5.97. The van der Waals surface area contributed by atoms with Crippen molar-refractivity contribution in [3.05, 3.63) is 35.1 Å². The van der Waals surface area contributed by atoms with Crippen LogP contribution in [0.1, 0.15) is 23.7 Å². The number of ketones is 1. The molecule has 0 atom stereocenters. The fraction of sp³-hybridized carbons (Fsp3) is 0.182. The van der Waals surface area contributed by atoms with Gasteiger partial charge < -0.3 is 0 Å². The lowest BCUT2D eigenvalue weighted by Crippen LogP contribution is -2.04.